The van der Waals surface area contributed by atoms with E-state index in [1.165, 1.54) is 18.4 Å². The van der Waals surface area contributed by atoms with Crippen LogP contribution in [0.3, 0.4) is 0 Å². The number of hydrogen-bond acceptors (Lipinski definition) is 1. The highest BCUT2D eigenvalue weighted by Crippen LogP contribution is 2.38. The van der Waals surface area contributed by atoms with Crippen molar-refractivity contribution in [3.8, 4) is 0 Å². The Kier molecular flexibility index (Phi) is 2.45. The predicted molar refractivity (Wildman–Crippen MR) is 57.1 cm³/mol. The first kappa shape index (κ1) is 8.89. The lowest BCUT2D eigenvalue weighted by atomic mass is 9.97. The highest BCUT2D eigenvalue weighted by molar-refractivity contribution is 6.21. The Morgan fingerprint density at radius 1 is 1.15 bits per heavy atom. The van der Waals surface area contributed by atoms with Gasteiger partial charge >= 0.3 is 0 Å². The lowest BCUT2D eigenvalue weighted by molar-refractivity contribution is 0.730. The molecule has 0 heterocycles. The van der Waals surface area contributed by atoms with Crippen molar-refractivity contribution in [2.45, 2.75) is 30.6 Å². The quantitative estimate of drug-likeness (QED) is 0.541. The Balaban J connectivity index is 2.20. The van der Waals surface area contributed by atoms with Crippen molar-refractivity contribution >= 4 is 17.3 Å². The summed E-state index contributed by atoms with van der Waals surface area (Å²) < 4.78 is 0. The van der Waals surface area contributed by atoms with Crippen molar-refractivity contribution in [2.24, 2.45) is 0 Å². The zero-order valence-electron chi connectivity index (χ0n) is 7.54. The van der Waals surface area contributed by atoms with Crippen LogP contribution in [-0.2, 0) is 0 Å². The third kappa shape index (κ3) is 1.80. The fourth-order valence-corrected chi connectivity index (χ4v) is 2.46. The summed E-state index contributed by atoms with van der Waals surface area (Å²) in [5.41, 5.74) is 7.79. The summed E-state index contributed by atoms with van der Waals surface area (Å²) >= 11 is 6.22. The summed E-state index contributed by atoms with van der Waals surface area (Å²) in [6.45, 7) is 0. The van der Waals surface area contributed by atoms with E-state index in [9.17, 15) is 0 Å². The van der Waals surface area contributed by atoms with Crippen LogP contribution in [0.25, 0.3) is 0 Å². The molecule has 0 aliphatic heterocycles. The Hall–Kier alpha value is -0.690. The molecular weight excluding hydrogens is 182 g/mol. The van der Waals surface area contributed by atoms with E-state index >= 15 is 0 Å². The van der Waals surface area contributed by atoms with E-state index in [2.05, 4.69) is 12.1 Å². The average Bonchev–Trinajstić information content (AvgIpc) is 2.53. The molecule has 0 unspecified atom stereocenters. The second kappa shape index (κ2) is 3.59. The molecule has 1 aliphatic carbocycles. The van der Waals surface area contributed by atoms with E-state index in [-0.39, 0.29) is 0 Å². The van der Waals surface area contributed by atoms with Crippen LogP contribution >= 0.6 is 11.6 Å². The van der Waals surface area contributed by atoms with Gasteiger partial charge in [-0.2, -0.15) is 0 Å². The number of nitrogens with two attached hydrogens (primary N) is 1. The van der Waals surface area contributed by atoms with Crippen LogP contribution in [0.15, 0.2) is 24.3 Å². The highest BCUT2D eigenvalue weighted by Gasteiger charge is 2.26. The molecular formula is C11H14ClN. The molecule has 1 saturated carbocycles. The van der Waals surface area contributed by atoms with E-state index in [4.69, 9.17) is 17.3 Å². The molecule has 13 heavy (non-hydrogen) atoms. The Morgan fingerprint density at radius 2 is 1.85 bits per heavy atom. The van der Waals surface area contributed by atoms with Crippen LogP contribution < -0.4 is 5.73 Å². The lowest BCUT2D eigenvalue weighted by Gasteiger charge is -2.13. The molecule has 1 nitrogen and oxygen atoms in total. The van der Waals surface area contributed by atoms with Gasteiger partial charge in [0.1, 0.15) is 0 Å². The fourth-order valence-electron chi connectivity index (χ4n) is 2.03. The van der Waals surface area contributed by atoms with Gasteiger partial charge in [0.2, 0.25) is 0 Å². The molecule has 2 rings (SSSR count). The first-order valence-electron chi connectivity index (χ1n) is 4.77. The van der Waals surface area contributed by atoms with E-state index in [1.54, 1.807) is 0 Å². The Bertz CT molecular complexity index is 281. The zero-order valence-corrected chi connectivity index (χ0v) is 8.30. The summed E-state index contributed by atoms with van der Waals surface area (Å²) in [5, 5.41) is 0.323. The molecule has 1 aliphatic rings. The van der Waals surface area contributed by atoms with Crippen molar-refractivity contribution in [2.75, 3.05) is 5.73 Å². The van der Waals surface area contributed by atoms with Crippen LogP contribution in [-0.4, -0.2) is 5.38 Å². The Labute approximate surface area is 83.9 Å². The van der Waals surface area contributed by atoms with Gasteiger partial charge < -0.3 is 5.73 Å². The Morgan fingerprint density at radius 3 is 2.38 bits per heavy atom. The van der Waals surface area contributed by atoms with Crippen molar-refractivity contribution in [1.82, 2.24) is 0 Å². The number of benzene rings is 1. The maximum absolute atomic E-state index is 6.22. The average molecular weight is 196 g/mol. The number of alkyl halides is 1. The highest BCUT2D eigenvalue weighted by atomic mass is 35.5. The summed E-state index contributed by atoms with van der Waals surface area (Å²) in [7, 11) is 0. The summed E-state index contributed by atoms with van der Waals surface area (Å²) in [6.07, 6.45) is 3.62. The summed E-state index contributed by atoms with van der Waals surface area (Å²) in [6, 6.07) is 8.11. The van der Waals surface area contributed by atoms with E-state index in [0.29, 0.717) is 11.3 Å². The lowest BCUT2D eigenvalue weighted by Crippen LogP contribution is -2.04. The second-order valence-corrected chi connectivity index (χ2v) is 4.28. The molecule has 70 valence electrons. The maximum atomic E-state index is 6.22. The first-order chi connectivity index (χ1) is 6.27. The molecule has 2 N–H and O–H groups in total. The van der Waals surface area contributed by atoms with Crippen LogP contribution in [0, 0.1) is 0 Å². The fraction of sp³-hybridized carbons (Fsp3) is 0.455. The van der Waals surface area contributed by atoms with Gasteiger partial charge in [-0.15, -0.1) is 11.6 Å². The number of rotatable bonds is 1. The minimum Gasteiger partial charge on any atom is -0.399 e. The number of halogens is 1. The molecule has 2 atom stereocenters. The predicted octanol–water partition coefficient (Wildman–Crippen LogP) is 3.14. The molecule has 0 bridgehead atoms. The van der Waals surface area contributed by atoms with Gasteiger partial charge in [0, 0.05) is 17.0 Å². The third-order valence-corrected chi connectivity index (χ3v) is 3.32. The molecule has 0 radical (unpaired) electrons. The van der Waals surface area contributed by atoms with E-state index < -0.39 is 0 Å². The monoisotopic (exact) mass is 195 g/mol. The number of anilines is 1. The molecule has 0 aromatic heterocycles. The summed E-state index contributed by atoms with van der Waals surface area (Å²) in [4.78, 5) is 0. The van der Waals surface area contributed by atoms with Crippen LogP contribution in [0.1, 0.15) is 30.7 Å². The number of nitrogen functional groups attached to an aromatic ring is 1. The van der Waals surface area contributed by atoms with Gasteiger partial charge in [-0.3, -0.25) is 0 Å². The van der Waals surface area contributed by atoms with Crippen LogP contribution in [0.5, 0.6) is 0 Å². The van der Waals surface area contributed by atoms with Crippen molar-refractivity contribution in [3.63, 3.8) is 0 Å². The van der Waals surface area contributed by atoms with Crippen LogP contribution in [0.2, 0.25) is 0 Å². The first-order valence-corrected chi connectivity index (χ1v) is 5.20. The largest absolute Gasteiger partial charge is 0.399 e. The zero-order chi connectivity index (χ0) is 9.26. The van der Waals surface area contributed by atoms with Crippen molar-refractivity contribution in [3.05, 3.63) is 29.8 Å². The topological polar surface area (TPSA) is 26.0 Å². The van der Waals surface area contributed by atoms with Gasteiger partial charge in [0.05, 0.1) is 0 Å². The molecule has 2 heteroatoms. The minimum atomic E-state index is 0.323. The van der Waals surface area contributed by atoms with Gasteiger partial charge in [-0.1, -0.05) is 18.6 Å². The molecule has 0 spiro atoms. The minimum absolute atomic E-state index is 0.323. The van der Waals surface area contributed by atoms with Gasteiger partial charge in [0.15, 0.2) is 0 Å². The van der Waals surface area contributed by atoms with Gasteiger partial charge in [-0.05, 0) is 30.5 Å². The van der Waals surface area contributed by atoms with Crippen molar-refractivity contribution in [1.29, 1.82) is 0 Å². The smallest absolute Gasteiger partial charge is 0.0404 e. The van der Waals surface area contributed by atoms with Crippen LogP contribution in [0.4, 0.5) is 5.69 Å². The van der Waals surface area contributed by atoms with E-state index in [0.717, 1.165) is 12.1 Å². The number of hydrogen-bond donors (Lipinski definition) is 1. The molecule has 1 aromatic carbocycles. The second-order valence-electron chi connectivity index (χ2n) is 3.72. The van der Waals surface area contributed by atoms with Gasteiger partial charge in [-0.25, -0.2) is 0 Å². The standard InChI is InChI=1S/C11H14ClN/c12-11-3-1-2-10(11)8-4-6-9(13)7-5-8/h4-7,10-11H,1-3,13H2/t10-,11+/m0/s1. The molecule has 1 aromatic rings. The normalized spacial score (nSPS) is 27.8. The van der Waals surface area contributed by atoms with E-state index in [1.807, 2.05) is 12.1 Å². The summed E-state index contributed by atoms with van der Waals surface area (Å²) in [5.74, 6) is 0.544. The molecule has 0 saturated heterocycles. The molecule has 1 fully saturated rings. The van der Waals surface area contributed by atoms with Crippen molar-refractivity contribution < 1.29 is 0 Å². The SMILES string of the molecule is Nc1ccc([C@@H]2CCC[C@H]2Cl)cc1. The van der Waals surface area contributed by atoms with Gasteiger partial charge in [0.25, 0.3) is 0 Å². The molecule has 0 amide bonds. The third-order valence-electron chi connectivity index (χ3n) is 2.80. The maximum Gasteiger partial charge on any atom is 0.0404 e.